The highest BCUT2D eigenvalue weighted by Crippen LogP contribution is 2.10. The number of hydrogen-bond acceptors (Lipinski definition) is 5. The van der Waals surface area contributed by atoms with Crippen LogP contribution in [0.5, 0.6) is 0 Å². The summed E-state index contributed by atoms with van der Waals surface area (Å²) >= 11 is 0. The molecule has 6 nitrogen and oxygen atoms in total. The van der Waals surface area contributed by atoms with E-state index < -0.39 is 0 Å². The summed E-state index contributed by atoms with van der Waals surface area (Å²) in [6.07, 6.45) is 1.01. The van der Waals surface area contributed by atoms with Gasteiger partial charge in [0.2, 0.25) is 5.89 Å². The van der Waals surface area contributed by atoms with Gasteiger partial charge in [0.25, 0.3) is 11.7 Å². The summed E-state index contributed by atoms with van der Waals surface area (Å²) in [7, 11) is 0. The van der Waals surface area contributed by atoms with Crippen LogP contribution < -0.4 is 0 Å². The number of nitrogens with zero attached hydrogens (tertiary/aromatic N) is 3. The second kappa shape index (κ2) is 4.61. The van der Waals surface area contributed by atoms with Crippen LogP contribution in [0.2, 0.25) is 0 Å². The number of morpholine rings is 1. The lowest BCUT2D eigenvalue weighted by molar-refractivity contribution is -0.0231. The molecule has 16 heavy (non-hydrogen) atoms. The number of rotatable bonds is 2. The average molecular weight is 225 g/mol. The Bertz CT molecular complexity index is 377. The van der Waals surface area contributed by atoms with Crippen LogP contribution in [0.15, 0.2) is 4.52 Å². The molecule has 88 valence electrons. The first kappa shape index (κ1) is 11.1. The van der Waals surface area contributed by atoms with E-state index >= 15 is 0 Å². The molecule has 1 unspecified atom stereocenters. The predicted molar refractivity (Wildman–Crippen MR) is 55.0 cm³/mol. The number of aromatic nitrogens is 2. The summed E-state index contributed by atoms with van der Waals surface area (Å²) in [6.45, 7) is 5.46. The molecule has 0 saturated carbocycles. The Balaban J connectivity index is 2.04. The van der Waals surface area contributed by atoms with Gasteiger partial charge in [-0.3, -0.25) is 4.79 Å². The van der Waals surface area contributed by atoms with Gasteiger partial charge >= 0.3 is 0 Å². The lowest BCUT2D eigenvalue weighted by Crippen LogP contribution is -2.45. The van der Waals surface area contributed by atoms with E-state index in [0.717, 1.165) is 6.42 Å². The van der Waals surface area contributed by atoms with Gasteiger partial charge in [0.15, 0.2) is 0 Å². The van der Waals surface area contributed by atoms with Crippen LogP contribution in [-0.2, 0) is 4.74 Å². The molecule has 0 aromatic carbocycles. The molecule has 0 radical (unpaired) electrons. The fraction of sp³-hybridized carbons (Fsp3) is 0.700. The van der Waals surface area contributed by atoms with Crippen LogP contribution in [0.25, 0.3) is 0 Å². The number of hydrogen-bond donors (Lipinski definition) is 0. The molecule has 0 aliphatic carbocycles. The first-order valence-electron chi connectivity index (χ1n) is 5.42. The van der Waals surface area contributed by atoms with E-state index in [4.69, 9.17) is 9.26 Å². The SMILES string of the molecule is CCC1CN(C(=O)c2noc(C)n2)CCO1. The minimum absolute atomic E-state index is 0.116. The predicted octanol–water partition coefficient (Wildman–Crippen LogP) is 0.629. The quantitative estimate of drug-likeness (QED) is 0.738. The molecule has 1 fully saturated rings. The molecular formula is C10H15N3O3. The number of ether oxygens (including phenoxy) is 1. The lowest BCUT2D eigenvalue weighted by Gasteiger charge is -2.31. The Labute approximate surface area is 93.6 Å². The Morgan fingerprint density at radius 3 is 3.06 bits per heavy atom. The summed E-state index contributed by atoms with van der Waals surface area (Å²) in [4.78, 5) is 17.6. The highest BCUT2D eigenvalue weighted by atomic mass is 16.5. The van der Waals surface area contributed by atoms with Gasteiger partial charge in [0.05, 0.1) is 12.7 Å². The van der Waals surface area contributed by atoms with Crippen molar-refractivity contribution in [3.63, 3.8) is 0 Å². The molecule has 1 aliphatic heterocycles. The minimum Gasteiger partial charge on any atom is -0.375 e. The number of carbonyl (C=O) groups excluding carboxylic acids is 1. The van der Waals surface area contributed by atoms with E-state index in [9.17, 15) is 4.79 Å². The van der Waals surface area contributed by atoms with Crippen LogP contribution in [0.4, 0.5) is 0 Å². The van der Waals surface area contributed by atoms with Crippen molar-refractivity contribution >= 4 is 5.91 Å². The Kier molecular flexibility index (Phi) is 3.19. The first-order valence-corrected chi connectivity index (χ1v) is 5.42. The maximum absolute atomic E-state index is 12.0. The summed E-state index contributed by atoms with van der Waals surface area (Å²) in [5.74, 6) is 0.358. The van der Waals surface area contributed by atoms with Gasteiger partial charge in [0, 0.05) is 20.0 Å². The Morgan fingerprint density at radius 2 is 2.44 bits per heavy atom. The van der Waals surface area contributed by atoms with Crippen LogP contribution in [0, 0.1) is 6.92 Å². The molecule has 1 saturated heterocycles. The van der Waals surface area contributed by atoms with Gasteiger partial charge in [0.1, 0.15) is 0 Å². The maximum atomic E-state index is 12.0. The van der Waals surface area contributed by atoms with Crippen molar-refractivity contribution in [1.29, 1.82) is 0 Å². The second-order valence-electron chi connectivity index (χ2n) is 3.79. The van der Waals surface area contributed by atoms with E-state index in [1.54, 1.807) is 11.8 Å². The summed E-state index contributed by atoms with van der Waals surface area (Å²) < 4.78 is 10.3. The fourth-order valence-electron chi connectivity index (χ4n) is 1.68. The summed E-state index contributed by atoms with van der Waals surface area (Å²) in [5.41, 5.74) is 0. The number of aryl methyl sites for hydroxylation is 1. The van der Waals surface area contributed by atoms with Crippen molar-refractivity contribution in [2.24, 2.45) is 0 Å². The molecular weight excluding hydrogens is 210 g/mol. The van der Waals surface area contributed by atoms with E-state index in [1.807, 2.05) is 6.92 Å². The molecule has 0 N–H and O–H groups in total. The largest absolute Gasteiger partial charge is 0.375 e. The molecule has 1 aromatic heterocycles. The van der Waals surface area contributed by atoms with E-state index in [1.165, 1.54) is 0 Å². The summed E-state index contributed by atoms with van der Waals surface area (Å²) in [6, 6.07) is 0. The van der Waals surface area contributed by atoms with Gasteiger partial charge < -0.3 is 14.2 Å². The zero-order chi connectivity index (χ0) is 11.5. The molecule has 2 heterocycles. The molecule has 1 atom stereocenters. The van der Waals surface area contributed by atoms with Crippen LogP contribution in [-0.4, -0.2) is 46.7 Å². The third-order valence-electron chi connectivity index (χ3n) is 2.60. The van der Waals surface area contributed by atoms with E-state index in [0.29, 0.717) is 25.6 Å². The topological polar surface area (TPSA) is 68.5 Å². The maximum Gasteiger partial charge on any atom is 0.295 e. The van der Waals surface area contributed by atoms with Gasteiger partial charge in [-0.15, -0.1) is 0 Å². The van der Waals surface area contributed by atoms with Crippen LogP contribution >= 0.6 is 0 Å². The third-order valence-corrected chi connectivity index (χ3v) is 2.60. The number of carbonyl (C=O) groups is 1. The summed E-state index contributed by atoms with van der Waals surface area (Å²) in [5, 5.41) is 3.62. The van der Waals surface area contributed by atoms with Crippen molar-refractivity contribution in [3.8, 4) is 0 Å². The molecule has 6 heteroatoms. The zero-order valence-corrected chi connectivity index (χ0v) is 9.47. The highest BCUT2D eigenvalue weighted by Gasteiger charge is 2.26. The van der Waals surface area contributed by atoms with Crippen molar-refractivity contribution < 1.29 is 14.1 Å². The smallest absolute Gasteiger partial charge is 0.295 e. The van der Waals surface area contributed by atoms with Gasteiger partial charge in [-0.2, -0.15) is 4.98 Å². The minimum atomic E-state index is -0.182. The first-order chi connectivity index (χ1) is 7.70. The normalized spacial score (nSPS) is 21.1. The van der Waals surface area contributed by atoms with E-state index in [-0.39, 0.29) is 17.8 Å². The molecule has 2 rings (SSSR count). The lowest BCUT2D eigenvalue weighted by atomic mass is 10.2. The van der Waals surface area contributed by atoms with Crippen LogP contribution in [0.3, 0.4) is 0 Å². The molecule has 1 amide bonds. The Morgan fingerprint density at radius 1 is 1.62 bits per heavy atom. The van der Waals surface area contributed by atoms with Gasteiger partial charge in [-0.1, -0.05) is 12.1 Å². The van der Waals surface area contributed by atoms with Gasteiger partial charge in [-0.25, -0.2) is 0 Å². The molecule has 0 bridgehead atoms. The van der Waals surface area contributed by atoms with Crippen molar-refractivity contribution in [1.82, 2.24) is 15.0 Å². The standard InChI is InChI=1S/C10H15N3O3/c1-3-8-6-13(4-5-15-8)10(14)9-11-7(2)16-12-9/h8H,3-6H2,1-2H3. The molecule has 1 aliphatic rings. The Hall–Kier alpha value is -1.43. The van der Waals surface area contributed by atoms with Crippen molar-refractivity contribution in [3.05, 3.63) is 11.7 Å². The van der Waals surface area contributed by atoms with Crippen molar-refractivity contribution in [2.45, 2.75) is 26.4 Å². The monoisotopic (exact) mass is 225 g/mol. The van der Waals surface area contributed by atoms with Crippen molar-refractivity contribution in [2.75, 3.05) is 19.7 Å². The number of amides is 1. The third kappa shape index (κ3) is 2.21. The average Bonchev–Trinajstić information content (AvgIpc) is 2.75. The zero-order valence-electron chi connectivity index (χ0n) is 9.47. The molecule has 1 aromatic rings. The highest BCUT2D eigenvalue weighted by molar-refractivity contribution is 5.90. The fourth-order valence-corrected chi connectivity index (χ4v) is 1.68. The van der Waals surface area contributed by atoms with E-state index in [2.05, 4.69) is 10.1 Å². The van der Waals surface area contributed by atoms with Crippen LogP contribution in [0.1, 0.15) is 29.9 Å². The van der Waals surface area contributed by atoms with Gasteiger partial charge in [-0.05, 0) is 6.42 Å². The molecule has 0 spiro atoms. The second-order valence-corrected chi connectivity index (χ2v) is 3.79.